The number of aromatic carboxylic acids is 1. The van der Waals surface area contributed by atoms with E-state index in [0.717, 1.165) is 79.2 Å². The van der Waals surface area contributed by atoms with E-state index >= 15 is 0 Å². The molecule has 3 N–H and O–H groups in total. The fraction of sp³-hybridized carbons (Fsp3) is 0.433. The molecule has 0 saturated carbocycles. The fourth-order valence-corrected chi connectivity index (χ4v) is 10.8. The summed E-state index contributed by atoms with van der Waals surface area (Å²) in [6, 6.07) is 42.3. The lowest BCUT2D eigenvalue weighted by atomic mass is 9.69. The van der Waals surface area contributed by atoms with Crippen LogP contribution in [0.5, 0.6) is 0 Å². The summed E-state index contributed by atoms with van der Waals surface area (Å²) in [4.78, 5) is 23.3. The molecule has 0 spiro atoms. The minimum absolute atomic E-state index is 0.0568. The van der Waals surface area contributed by atoms with E-state index in [-0.39, 0.29) is 39.7 Å². The molecule has 72 heavy (non-hydrogen) atoms. The van der Waals surface area contributed by atoms with Crippen molar-refractivity contribution < 1.29 is 24.9 Å². The van der Waals surface area contributed by atoms with Gasteiger partial charge in [0, 0.05) is 16.4 Å². The van der Waals surface area contributed by atoms with Crippen molar-refractivity contribution in [3.63, 3.8) is 0 Å². The van der Waals surface area contributed by atoms with Crippen LogP contribution in [0.3, 0.4) is 0 Å². The van der Waals surface area contributed by atoms with E-state index in [4.69, 9.17) is 0 Å². The molecule has 5 heteroatoms. The Labute approximate surface area is 434 Å². The van der Waals surface area contributed by atoms with Crippen molar-refractivity contribution in [2.24, 2.45) is 10.8 Å². The van der Waals surface area contributed by atoms with Crippen molar-refractivity contribution in [1.29, 1.82) is 0 Å². The molecule has 6 aromatic carbocycles. The van der Waals surface area contributed by atoms with Gasteiger partial charge in [-0.15, -0.1) is 0 Å². The maximum Gasteiger partial charge on any atom is 0.335 e. The topological polar surface area (TPSA) is 94.8 Å². The van der Waals surface area contributed by atoms with Crippen LogP contribution in [0.15, 0.2) is 121 Å². The van der Waals surface area contributed by atoms with Gasteiger partial charge in [-0.3, -0.25) is 4.79 Å². The molecule has 0 fully saturated rings. The van der Waals surface area contributed by atoms with Crippen LogP contribution in [0.2, 0.25) is 0 Å². The summed E-state index contributed by atoms with van der Waals surface area (Å²) in [6.07, 6.45) is 6.69. The van der Waals surface area contributed by atoms with Crippen LogP contribution >= 0.6 is 0 Å². The van der Waals surface area contributed by atoms with Crippen LogP contribution in [0.1, 0.15) is 191 Å². The maximum atomic E-state index is 11.9. The minimum Gasteiger partial charge on any atom is -0.478 e. The molecule has 0 radical (unpaired) electrons. The van der Waals surface area contributed by atoms with Gasteiger partial charge < -0.3 is 15.3 Å². The molecular formula is C67H86O5. The zero-order valence-electron chi connectivity index (χ0n) is 46.5. The number of benzene rings is 6. The van der Waals surface area contributed by atoms with Crippen LogP contribution in [-0.4, -0.2) is 39.3 Å². The quantitative estimate of drug-likeness (QED) is 0.0746. The zero-order chi connectivity index (χ0) is 53.3. The molecule has 0 amide bonds. The molecule has 384 valence electrons. The van der Waals surface area contributed by atoms with Gasteiger partial charge in [-0.2, -0.15) is 0 Å². The van der Waals surface area contributed by atoms with E-state index < -0.39 is 5.97 Å². The summed E-state index contributed by atoms with van der Waals surface area (Å²) >= 11 is 0. The maximum absolute atomic E-state index is 11.9. The Morgan fingerprint density at radius 1 is 0.458 bits per heavy atom. The first-order valence-corrected chi connectivity index (χ1v) is 26.6. The zero-order valence-corrected chi connectivity index (χ0v) is 46.5. The number of carboxylic acid groups (broad SMARTS) is 1. The number of aryl methyl sites for hydroxylation is 6. The van der Waals surface area contributed by atoms with Crippen molar-refractivity contribution in [1.82, 2.24) is 0 Å². The smallest absolute Gasteiger partial charge is 0.335 e. The Hall–Kier alpha value is -5.62. The number of carbonyl (C=O) groups excluding carboxylic acids is 1. The molecule has 2 unspecified atom stereocenters. The van der Waals surface area contributed by atoms with Gasteiger partial charge in [-0.05, 0) is 193 Å². The highest BCUT2D eigenvalue weighted by Gasteiger charge is 2.33. The summed E-state index contributed by atoms with van der Waals surface area (Å²) in [6.45, 7) is 31.9. The Bertz CT molecular complexity index is 2610. The Morgan fingerprint density at radius 2 is 0.792 bits per heavy atom. The first-order chi connectivity index (χ1) is 33.8. The SMILES string of the molecule is CCC(CC)(c1ccc(CCC(O)C(C)(C)C)c(C)c1)c1ccc(-c2cccc(C(=O)O)c2)c(C)c1.CCC(CC)(c1ccc(CCC(O)C(C)(C)C)c(C)c1)c1ccc(-c2cccc(C(C)=O)c2)c(C)c1. The fourth-order valence-electron chi connectivity index (χ4n) is 10.8. The summed E-state index contributed by atoms with van der Waals surface area (Å²) < 4.78 is 0. The highest BCUT2D eigenvalue weighted by molar-refractivity contribution is 5.95. The van der Waals surface area contributed by atoms with Crippen LogP contribution in [0.4, 0.5) is 0 Å². The van der Waals surface area contributed by atoms with Gasteiger partial charge in [0.1, 0.15) is 0 Å². The molecular weight excluding hydrogens is 885 g/mol. The predicted octanol–water partition coefficient (Wildman–Crippen LogP) is 16.7. The average Bonchev–Trinajstić information content (AvgIpc) is 3.34. The lowest BCUT2D eigenvalue weighted by Crippen LogP contribution is -2.27. The number of aliphatic hydroxyl groups is 2. The van der Waals surface area contributed by atoms with Crippen LogP contribution in [0.25, 0.3) is 22.3 Å². The Kier molecular flexibility index (Phi) is 19.1. The lowest BCUT2D eigenvalue weighted by molar-refractivity contribution is 0.0559. The molecule has 6 aromatic rings. The minimum atomic E-state index is -0.908. The Morgan fingerprint density at radius 3 is 1.10 bits per heavy atom. The van der Waals surface area contributed by atoms with Crippen LogP contribution < -0.4 is 0 Å². The number of ketones is 1. The molecule has 0 heterocycles. The van der Waals surface area contributed by atoms with Gasteiger partial charge in [0.15, 0.2) is 5.78 Å². The van der Waals surface area contributed by atoms with Gasteiger partial charge >= 0.3 is 5.97 Å². The second kappa shape index (κ2) is 23.9. The molecule has 0 aliphatic carbocycles. The summed E-state index contributed by atoms with van der Waals surface area (Å²) in [5.41, 5.74) is 17.8. The van der Waals surface area contributed by atoms with Crippen molar-refractivity contribution in [3.05, 3.63) is 188 Å². The summed E-state index contributed by atoms with van der Waals surface area (Å²) in [5.74, 6) is -0.817. The van der Waals surface area contributed by atoms with Crippen molar-refractivity contribution in [2.45, 2.75) is 178 Å². The van der Waals surface area contributed by atoms with Gasteiger partial charge in [0.25, 0.3) is 0 Å². The monoisotopic (exact) mass is 971 g/mol. The average molecular weight is 971 g/mol. The largest absolute Gasteiger partial charge is 0.478 e. The standard InChI is InChI=1S/C34H44O2.C33H42O3/c1-9-34(10-2,29-16-14-26(23(3)20-29)15-19-32(36)33(6,7)8)30-17-18-31(24(4)21-30)28-13-11-12-27(22-28)25(5)35;1-8-33(9-2,27-15-13-24(22(3)19-27)14-18-30(34)32(5,6)7)28-16-17-29(23(4)20-28)25-11-10-12-26(21-25)31(35)36/h11-14,16-18,20-22,32,36H,9-10,15,19H2,1-8H3;10-13,15-17,19-21,30,34H,8-9,14,18H2,1-7H3,(H,35,36). The van der Waals surface area contributed by atoms with Gasteiger partial charge in [-0.1, -0.05) is 172 Å². The van der Waals surface area contributed by atoms with Crippen LogP contribution in [-0.2, 0) is 23.7 Å². The summed E-state index contributed by atoms with van der Waals surface area (Å²) in [7, 11) is 0. The van der Waals surface area contributed by atoms with Gasteiger partial charge in [0.05, 0.1) is 17.8 Å². The van der Waals surface area contributed by atoms with E-state index in [0.29, 0.717) is 5.56 Å². The van der Waals surface area contributed by atoms with E-state index in [2.05, 4.69) is 176 Å². The number of rotatable bonds is 18. The highest BCUT2D eigenvalue weighted by atomic mass is 16.4. The molecule has 0 saturated heterocycles. The molecule has 0 aliphatic heterocycles. The first kappa shape index (κ1) is 57.3. The van der Waals surface area contributed by atoms with Gasteiger partial charge in [0.2, 0.25) is 0 Å². The molecule has 0 aromatic heterocycles. The molecule has 2 atom stereocenters. The first-order valence-electron chi connectivity index (χ1n) is 26.6. The van der Waals surface area contributed by atoms with E-state index in [1.165, 1.54) is 55.6 Å². The van der Waals surface area contributed by atoms with Gasteiger partial charge in [-0.25, -0.2) is 4.79 Å². The van der Waals surface area contributed by atoms with E-state index in [9.17, 15) is 24.9 Å². The van der Waals surface area contributed by atoms with Crippen molar-refractivity contribution in [2.75, 3.05) is 0 Å². The molecule has 6 rings (SSSR count). The predicted molar refractivity (Wildman–Crippen MR) is 303 cm³/mol. The summed E-state index contributed by atoms with van der Waals surface area (Å²) in [5, 5.41) is 30.4. The van der Waals surface area contributed by atoms with E-state index in [1.54, 1.807) is 25.1 Å². The third-order valence-electron chi connectivity index (χ3n) is 16.1. The lowest BCUT2D eigenvalue weighted by Gasteiger charge is -2.34. The second-order valence-corrected chi connectivity index (χ2v) is 22.8. The van der Waals surface area contributed by atoms with Crippen LogP contribution in [0, 0.1) is 38.5 Å². The van der Waals surface area contributed by atoms with Crippen molar-refractivity contribution in [3.8, 4) is 22.3 Å². The van der Waals surface area contributed by atoms with Crippen molar-refractivity contribution >= 4 is 11.8 Å². The number of aliphatic hydroxyl groups excluding tert-OH is 2. The highest BCUT2D eigenvalue weighted by Crippen LogP contribution is 2.43. The number of carbonyl (C=O) groups is 2. The number of hydrogen-bond donors (Lipinski definition) is 3. The Balaban J connectivity index is 0.000000267. The number of carboxylic acids is 1. The number of Topliss-reactive ketones (excluding diaryl/α,β-unsaturated/α-hetero) is 1. The normalized spacial score (nSPS) is 13.0. The molecule has 0 bridgehead atoms. The number of hydrogen-bond acceptors (Lipinski definition) is 4. The molecule has 0 aliphatic rings. The van der Waals surface area contributed by atoms with E-state index in [1.807, 2.05) is 24.3 Å². The second-order valence-electron chi connectivity index (χ2n) is 22.8. The molecule has 5 nitrogen and oxygen atoms in total. The third-order valence-corrected chi connectivity index (χ3v) is 16.1. The third kappa shape index (κ3) is 13.1.